The van der Waals surface area contributed by atoms with Crippen molar-refractivity contribution in [3.05, 3.63) is 44.0 Å². The molecule has 106 valence electrons. The number of aryl methyl sites for hydroxylation is 2. The lowest BCUT2D eigenvalue weighted by molar-refractivity contribution is 0.366. The summed E-state index contributed by atoms with van der Waals surface area (Å²) in [6.07, 6.45) is 0. The Morgan fingerprint density at radius 1 is 1.10 bits per heavy atom. The molecule has 0 atom stereocenters. The average Bonchev–Trinajstić information content (AvgIpc) is 2.33. The second-order valence-corrected chi connectivity index (χ2v) is 5.92. The van der Waals surface area contributed by atoms with Crippen LogP contribution in [0, 0.1) is 13.8 Å². The van der Waals surface area contributed by atoms with Gasteiger partial charge in [-0.3, -0.25) is 0 Å². The van der Waals surface area contributed by atoms with Crippen LogP contribution in [0.4, 0.5) is 0 Å². The van der Waals surface area contributed by atoms with Crippen molar-refractivity contribution in [2.45, 2.75) is 13.8 Å². The van der Waals surface area contributed by atoms with E-state index in [0.717, 1.165) is 15.7 Å². The van der Waals surface area contributed by atoms with E-state index in [1.54, 1.807) is 19.2 Å². The molecule has 0 aliphatic rings. The Morgan fingerprint density at radius 3 is 2.40 bits per heavy atom. The third-order valence-electron chi connectivity index (χ3n) is 2.62. The molecule has 6 heteroatoms. The minimum atomic E-state index is 0.353. The number of pyridine rings is 1. The van der Waals surface area contributed by atoms with Gasteiger partial charge in [0.05, 0.1) is 16.6 Å². The molecule has 0 fully saturated rings. The average molecular weight is 377 g/mol. The van der Waals surface area contributed by atoms with E-state index >= 15 is 0 Å². The van der Waals surface area contributed by atoms with Gasteiger partial charge in [0.15, 0.2) is 11.5 Å². The molecule has 0 saturated carbocycles. The van der Waals surface area contributed by atoms with E-state index in [1.165, 1.54) is 0 Å². The maximum Gasteiger partial charge on any atom is 0.264 e. The summed E-state index contributed by atoms with van der Waals surface area (Å²) in [5, 5.41) is 0.988. The lowest BCUT2D eigenvalue weighted by atomic mass is 10.2. The van der Waals surface area contributed by atoms with Crippen molar-refractivity contribution in [2.75, 3.05) is 7.11 Å². The Bertz CT molecular complexity index is 639. The van der Waals surface area contributed by atoms with Gasteiger partial charge in [-0.15, -0.1) is 0 Å². The Hall–Kier alpha value is -0.970. The SMILES string of the molecule is COc1c(Br)cc(C)nc1Oc1c(C)cc(Cl)cc1Cl. The normalized spacial score (nSPS) is 10.5. The van der Waals surface area contributed by atoms with E-state index in [4.69, 9.17) is 32.7 Å². The third-order valence-corrected chi connectivity index (χ3v) is 3.71. The highest BCUT2D eigenvalue weighted by molar-refractivity contribution is 9.10. The molecule has 2 rings (SSSR count). The second kappa shape index (κ2) is 6.20. The van der Waals surface area contributed by atoms with Crippen LogP contribution in [0.3, 0.4) is 0 Å². The molecular formula is C14H12BrCl2NO2. The van der Waals surface area contributed by atoms with Gasteiger partial charge in [0.25, 0.3) is 5.88 Å². The summed E-state index contributed by atoms with van der Waals surface area (Å²) >= 11 is 15.5. The van der Waals surface area contributed by atoms with Gasteiger partial charge in [0.2, 0.25) is 0 Å². The zero-order valence-electron chi connectivity index (χ0n) is 11.1. The summed E-state index contributed by atoms with van der Waals surface area (Å²) in [6, 6.07) is 5.25. The van der Waals surface area contributed by atoms with Gasteiger partial charge in [-0.05, 0) is 53.5 Å². The van der Waals surface area contributed by atoms with Gasteiger partial charge < -0.3 is 9.47 Å². The van der Waals surface area contributed by atoms with Crippen molar-refractivity contribution in [1.29, 1.82) is 0 Å². The molecule has 1 aromatic heterocycles. The van der Waals surface area contributed by atoms with Crippen LogP contribution in [0.2, 0.25) is 10.0 Å². The Kier molecular flexibility index (Phi) is 4.78. The fraction of sp³-hybridized carbons (Fsp3) is 0.214. The molecule has 0 spiro atoms. The number of rotatable bonds is 3. The van der Waals surface area contributed by atoms with Crippen LogP contribution in [0.1, 0.15) is 11.3 Å². The van der Waals surface area contributed by atoms with Gasteiger partial charge in [-0.25, -0.2) is 4.98 Å². The molecule has 0 unspecified atom stereocenters. The van der Waals surface area contributed by atoms with Gasteiger partial charge in [-0.2, -0.15) is 0 Å². The maximum absolute atomic E-state index is 6.17. The minimum absolute atomic E-state index is 0.353. The molecule has 0 amide bonds. The predicted molar refractivity (Wildman–Crippen MR) is 84.5 cm³/mol. The zero-order valence-corrected chi connectivity index (χ0v) is 14.2. The maximum atomic E-state index is 6.17. The first kappa shape index (κ1) is 15.4. The molecule has 0 saturated heterocycles. The van der Waals surface area contributed by atoms with E-state index in [1.807, 2.05) is 19.9 Å². The first-order chi connectivity index (χ1) is 9.42. The van der Waals surface area contributed by atoms with Gasteiger partial charge in [-0.1, -0.05) is 23.2 Å². The second-order valence-electron chi connectivity index (χ2n) is 4.22. The number of hydrogen-bond donors (Lipinski definition) is 0. The van der Waals surface area contributed by atoms with Crippen LogP contribution < -0.4 is 9.47 Å². The highest BCUT2D eigenvalue weighted by Crippen LogP contribution is 2.40. The van der Waals surface area contributed by atoms with Gasteiger partial charge in [0, 0.05) is 10.7 Å². The third kappa shape index (κ3) is 3.19. The van der Waals surface area contributed by atoms with Crippen LogP contribution in [-0.4, -0.2) is 12.1 Å². The number of aromatic nitrogens is 1. The molecule has 0 bridgehead atoms. The van der Waals surface area contributed by atoms with Crippen molar-refractivity contribution in [3.63, 3.8) is 0 Å². The first-order valence-corrected chi connectivity index (χ1v) is 7.32. The van der Waals surface area contributed by atoms with Crippen molar-refractivity contribution in [3.8, 4) is 17.4 Å². The Balaban J connectivity index is 2.50. The van der Waals surface area contributed by atoms with E-state index in [-0.39, 0.29) is 0 Å². The first-order valence-electron chi connectivity index (χ1n) is 5.77. The molecule has 0 radical (unpaired) electrons. The van der Waals surface area contributed by atoms with Crippen molar-refractivity contribution in [2.24, 2.45) is 0 Å². The molecular weight excluding hydrogens is 365 g/mol. The summed E-state index contributed by atoms with van der Waals surface area (Å²) in [6.45, 7) is 3.73. The van der Waals surface area contributed by atoms with E-state index in [0.29, 0.717) is 27.4 Å². The molecule has 2 aromatic rings. The standard InChI is InChI=1S/C14H12BrCl2NO2/c1-7-4-9(16)6-11(17)12(7)20-14-13(19-3)10(15)5-8(2)18-14/h4-6H,1-3H3. The molecule has 3 nitrogen and oxygen atoms in total. The van der Waals surface area contributed by atoms with Crippen LogP contribution >= 0.6 is 39.1 Å². The van der Waals surface area contributed by atoms with Crippen LogP contribution in [0.25, 0.3) is 0 Å². The number of benzene rings is 1. The molecule has 1 aromatic carbocycles. The zero-order chi connectivity index (χ0) is 14.9. The summed E-state index contributed by atoms with van der Waals surface area (Å²) in [7, 11) is 1.56. The minimum Gasteiger partial charge on any atom is -0.490 e. The van der Waals surface area contributed by atoms with Crippen molar-refractivity contribution >= 4 is 39.1 Å². The summed E-state index contributed by atoms with van der Waals surface area (Å²) in [5.74, 6) is 1.38. The number of methoxy groups -OCH3 is 1. The van der Waals surface area contributed by atoms with Gasteiger partial charge in [0.1, 0.15) is 0 Å². The predicted octanol–water partition coefficient (Wildman–Crippen LogP) is 5.57. The van der Waals surface area contributed by atoms with Crippen LogP contribution in [0.15, 0.2) is 22.7 Å². The number of nitrogens with zero attached hydrogens (tertiary/aromatic N) is 1. The van der Waals surface area contributed by atoms with E-state index in [2.05, 4.69) is 20.9 Å². The Labute approximate surface area is 136 Å². The topological polar surface area (TPSA) is 31.4 Å². The quantitative estimate of drug-likeness (QED) is 0.701. The lowest BCUT2D eigenvalue weighted by Gasteiger charge is -2.14. The number of hydrogen-bond acceptors (Lipinski definition) is 3. The van der Waals surface area contributed by atoms with E-state index in [9.17, 15) is 0 Å². The van der Waals surface area contributed by atoms with Crippen LogP contribution in [0.5, 0.6) is 17.4 Å². The summed E-state index contributed by atoms with van der Waals surface area (Å²) in [5.41, 5.74) is 1.62. The number of halogens is 3. The summed E-state index contributed by atoms with van der Waals surface area (Å²) < 4.78 is 11.9. The smallest absolute Gasteiger partial charge is 0.264 e. The highest BCUT2D eigenvalue weighted by atomic mass is 79.9. The molecule has 0 N–H and O–H groups in total. The highest BCUT2D eigenvalue weighted by Gasteiger charge is 2.16. The monoisotopic (exact) mass is 375 g/mol. The molecule has 1 heterocycles. The summed E-state index contributed by atoms with van der Waals surface area (Å²) in [4.78, 5) is 4.34. The number of ether oxygens (including phenoxy) is 2. The fourth-order valence-corrected chi connectivity index (χ4v) is 3.06. The molecule has 0 aliphatic heterocycles. The lowest BCUT2D eigenvalue weighted by Crippen LogP contribution is -1.97. The van der Waals surface area contributed by atoms with Gasteiger partial charge >= 0.3 is 0 Å². The Morgan fingerprint density at radius 2 is 1.80 bits per heavy atom. The van der Waals surface area contributed by atoms with Crippen molar-refractivity contribution < 1.29 is 9.47 Å². The van der Waals surface area contributed by atoms with Crippen LogP contribution in [-0.2, 0) is 0 Å². The van der Waals surface area contributed by atoms with Crippen molar-refractivity contribution in [1.82, 2.24) is 4.98 Å². The largest absolute Gasteiger partial charge is 0.490 e. The molecule has 0 aliphatic carbocycles. The van der Waals surface area contributed by atoms with E-state index < -0.39 is 0 Å². The fourth-order valence-electron chi connectivity index (χ4n) is 1.76. The molecule has 20 heavy (non-hydrogen) atoms.